The third-order valence-corrected chi connectivity index (χ3v) is 0. The van der Waals surface area contributed by atoms with Crippen LogP contribution in [0.4, 0.5) is 0 Å². The molecule has 0 unspecified atom stereocenters. The summed E-state index contributed by atoms with van der Waals surface area (Å²) in [7, 11) is 0. The minimum Gasteiger partial charge on any atom is -0.412 e. The van der Waals surface area contributed by atoms with E-state index in [1.807, 2.05) is 0 Å². The molecule has 0 spiro atoms. The van der Waals surface area contributed by atoms with E-state index < -0.39 is 0 Å². The number of rotatable bonds is 0. The Labute approximate surface area is 34.4 Å². The predicted octanol–water partition coefficient (Wildman–Crippen LogP) is -2.48. The van der Waals surface area contributed by atoms with Crippen molar-refractivity contribution in [1.82, 2.24) is 0 Å². The van der Waals surface area contributed by atoms with Gasteiger partial charge in [0.1, 0.15) is 0 Å². The molecule has 0 aromatic carbocycles. The van der Waals surface area contributed by atoms with Crippen LogP contribution in [-0.4, -0.2) is 16.4 Å². The fourth-order valence-electron chi connectivity index (χ4n) is 0. The molecule has 0 radical (unpaired) electrons. The number of hydrogen-bond acceptors (Lipinski definition) is 0. The van der Waals surface area contributed by atoms with Gasteiger partial charge in [-0.05, 0) is 0 Å². The van der Waals surface area contributed by atoms with Gasteiger partial charge in [0.15, 0.2) is 0 Å². The van der Waals surface area contributed by atoms with E-state index in [0.29, 0.717) is 0 Å². The van der Waals surface area contributed by atoms with E-state index >= 15 is 0 Å². The Morgan fingerprint density at radius 3 is 0.500 bits per heavy atom. The van der Waals surface area contributed by atoms with E-state index in [0.717, 1.165) is 0 Å². The maximum absolute atomic E-state index is 0. The molecule has 32 valence electrons. The van der Waals surface area contributed by atoms with Gasteiger partial charge in [0.2, 0.25) is 0 Å². The van der Waals surface area contributed by atoms with Crippen LogP contribution < -0.4 is 0 Å². The first-order valence-electron chi connectivity index (χ1n) is 0. The Bertz CT molecular complexity index is 3.25. The van der Waals surface area contributed by atoms with Crippen LogP contribution >= 0.6 is 0 Å². The van der Waals surface area contributed by atoms with Gasteiger partial charge in [0.25, 0.3) is 0 Å². The van der Waals surface area contributed by atoms with Gasteiger partial charge in [0, 0.05) is 17.1 Å². The van der Waals surface area contributed by atoms with Gasteiger partial charge in [0.05, 0.1) is 0 Å². The van der Waals surface area contributed by atoms with Crippen LogP contribution in [0.1, 0.15) is 0 Å². The third-order valence-electron chi connectivity index (χ3n) is 0. The molecule has 0 bridgehead atoms. The first-order valence-corrected chi connectivity index (χ1v) is 0. The van der Waals surface area contributed by atoms with Gasteiger partial charge in [-0.3, -0.25) is 0 Å². The molecule has 4 heteroatoms. The molecule has 6 N–H and O–H groups in total. The second kappa shape index (κ2) is 123. The Morgan fingerprint density at radius 1 is 0.500 bits per heavy atom. The first-order chi connectivity index (χ1) is 0. The zero-order valence-electron chi connectivity index (χ0n) is 1.85. The van der Waals surface area contributed by atoms with Crippen LogP contribution in [-0.2, 0) is 17.1 Å². The molecule has 3 nitrogen and oxygen atoms in total. The zero-order chi connectivity index (χ0) is 0. The maximum atomic E-state index is 0. The summed E-state index contributed by atoms with van der Waals surface area (Å²) in [5, 5.41) is 0. The molecule has 0 fully saturated rings. The van der Waals surface area contributed by atoms with Gasteiger partial charge in [-0.1, -0.05) is 0 Å². The van der Waals surface area contributed by atoms with Gasteiger partial charge >= 0.3 is 0 Å². The van der Waals surface area contributed by atoms with Crippen molar-refractivity contribution in [2.45, 2.75) is 0 Å². The van der Waals surface area contributed by atoms with E-state index in [9.17, 15) is 0 Å². The van der Waals surface area contributed by atoms with Crippen LogP contribution in [0.3, 0.4) is 0 Å². The topological polar surface area (TPSA) is 94.5 Å². The van der Waals surface area contributed by atoms with Gasteiger partial charge in [-0.2, -0.15) is 0 Å². The second-order valence-electron chi connectivity index (χ2n) is 0. The van der Waals surface area contributed by atoms with Crippen molar-refractivity contribution >= 4 is 0 Å². The average Bonchev–Trinajstić information content (AvgIpc) is 0. The van der Waals surface area contributed by atoms with Crippen LogP contribution in [0.5, 0.6) is 0 Å². The summed E-state index contributed by atoms with van der Waals surface area (Å²) in [4.78, 5) is 0. The molecule has 0 rings (SSSR count). The maximum Gasteiger partial charge on any atom is 0 e. The summed E-state index contributed by atoms with van der Waals surface area (Å²) in [6.45, 7) is 0. The number of hydrogen-bond donors (Lipinski definition) is 0. The fraction of sp³-hybridized carbons (Fsp3) is 0. The molecular weight excluding hydrogens is 104 g/mol. The molecule has 0 aliphatic rings. The molecule has 0 aliphatic heterocycles. The van der Waals surface area contributed by atoms with Crippen LogP contribution in [0.15, 0.2) is 0 Å². The van der Waals surface area contributed by atoms with Crippen molar-refractivity contribution in [1.29, 1.82) is 0 Å². The van der Waals surface area contributed by atoms with E-state index in [1.54, 1.807) is 0 Å². The Hall–Kier alpha value is 0.399. The monoisotopic (exact) mass is 110 g/mol. The van der Waals surface area contributed by atoms with Crippen molar-refractivity contribution < 1.29 is 33.5 Å². The summed E-state index contributed by atoms with van der Waals surface area (Å²) in [5.74, 6) is 0. The van der Waals surface area contributed by atoms with Gasteiger partial charge < -0.3 is 16.4 Å². The minimum atomic E-state index is 0. The molecule has 0 aromatic rings. The van der Waals surface area contributed by atoms with Crippen LogP contribution in [0, 0.1) is 0 Å². The van der Waals surface area contributed by atoms with Crippen molar-refractivity contribution in [3.8, 4) is 0 Å². The molecule has 0 aliphatic carbocycles. The molecule has 0 atom stereocenters. The third kappa shape index (κ3) is 29.4. The molecule has 0 saturated heterocycles. The van der Waals surface area contributed by atoms with Crippen molar-refractivity contribution in [2.75, 3.05) is 0 Å². The summed E-state index contributed by atoms with van der Waals surface area (Å²) in [5.41, 5.74) is 0. The van der Waals surface area contributed by atoms with Crippen molar-refractivity contribution in [2.24, 2.45) is 0 Å². The van der Waals surface area contributed by atoms with Crippen LogP contribution in [0.2, 0.25) is 0 Å². The largest absolute Gasteiger partial charge is 0.412 e. The summed E-state index contributed by atoms with van der Waals surface area (Å²) in [6, 6.07) is 0. The predicted molar refractivity (Wildman–Crippen MR) is 10.8 cm³/mol. The van der Waals surface area contributed by atoms with E-state index in [4.69, 9.17) is 0 Å². The quantitative estimate of drug-likeness (QED) is 0.309. The zero-order valence-corrected chi connectivity index (χ0v) is 2.96. The average molecular weight is 110 g/mol. The molecule has 0 heterocycles. The molecule has 0 saturated carbocycles. The Morgan fingerprint density at radius 2 is 0.500 bits per heavy atom. The Balaban J connectivity index is 0. The fourth-order valence-corrected chi connectivity index (χ4v) is 0. The molecular formula is H6FeO3. The normalized spacial score (nSPS) is 0. The second-order valence-corrected chi connectivity index (χ2v) is 0. The van der Waals surface area contributed by atoms with E-state index in [1.165, 1.54) is 0 Å². The van der Waals surface area contributed by atoms with E-state index in [-0.39, 0.29) is 33.5 Å². The molecule has 0 aromatic heterocycles. The van der Waals surface area contributed by atoms with Gasteiger partial charge in [-0.15, -0.1) is 0 Å². The molecule has 4 heavy (non-hydrogen) atoms. The standard InChI is InChI=1S/Fe.3H2O/h;3*1H2. The Kier molecular flexibility index (Phi) is 9770. The smallest absolute Gasteiger partial charge is 0 e. The van der Waals surface area contributed by atoms with Crippen LogP contribution in [0.25, 0.3) is 0 Å². The summed E-state index contributed by atoms with van der Waals surface area (Å²) in [6.07, 6.45) is 0. The van der Waals surface area contributed by atoms with Gasteiger partial charge in [-0.25, -0.2) is 0 Å². The van der Waals surface area contributed by atoms with Crippen molar-refractivity contribution in [3.63, 3.8) is 0 Å². The van der Waals surface area contributed by atoms with E-state index in [2.05, 4.69) is 0 Å². The summed E-state index contributed by atoms with van der Waals surface area (Å²) < 4.78 is 0. The first kappa shape index (κ1) is 319. The SMILES string of the molecule is O.O.O.[Fe]. The van der Waals surface area contributed by atoms with Crippen molar-refractivity contribution in [3.05, 3.63) is 0 Å². The summed E-state index contributed by atoms with van der Waals surface area (Å²) >= 11 is 0. The minimum absolute atomic E-state index is 0. The molecule has 0 amide bonds.